The zero-order valence-electron chi connectivity index (χ0n) is 12.0. The molecule has 0 radical (unpaired) electrons. The van der Waals surface area contributed by atoms with Crippen molar-refractivity contribution in [2.75, 3.05) is 6.61 Å². The van der Waals surface area contributed by atoms with Gasteiger partial charge in [0.05, 0.1) is 6.04 Å². The summed E-state index contributed by atoms with van der Waals surface area (Å²) in [5.74, 6) is 1.23. The lowest BCUT2D eigenvalue weighted by molar-refractivity contribution is -0.0777. The van der Waals surface area contributed by atoms with Crippen LogP contribution in [0.4, 0.5) is 0 Å². The lowest BCUT2D eigenvalue weighted by atomic mass is 9.84. The largest absolute Gasteiger partial charge is 0.367 e. The molecule has 0 aliphatic heterocycles. The molecule has 5 heteroatoms. The first-order chi connectivity index (χ1) is 9.22. The summed E-state index contributed by atoms with van der Waals surface area (Å²) in [6.45, 7) is 4.78. The second-order valence-corrected chi connectivity index (χ2v) is 5.34. The fourth-order valence-electron chi connectivity index (χ4n) is 2.84. The molecule has 5 nitrogen and oxygen atoms in total. The van der Waals surface area contributed by atoms with Gasteiger partial charge < -0.3 is 15.0 Å². The van der Waals surface area contributed by atoms with Crippen molar-refractivity contribution in [2.45, 2.75) is 70.4 Å². The normalized spacial score (nSPS) is 20.4. The van der Waals surface area contributed by atoms with Crippen LogP contribution in [-0.4, -0.2) is 16.7 Å². The Hall–Kier alpha value is -0.940. The van der Waals surface area contributed by atoms with Crippen LogP contribution in [0, 0.1) is 0 Å². The van der Waals surface area contributed by atoms with Crippen LogP contribution in [0.3, 0.4) is 0 Å². The van der Waals surface area contributed by atoms with E-state index in [0.717, 1.165) is 38.5 Å². The molecule has 1 aliphatic rings. The number of ether oxygens (including phenoxy) is 1. The van der Waals surface area contributed by atoms with Crippen LogP contribution in [-0.2, 0) is 10.3 Å². The molecule has 1 aliphatic carbocycles. The molecule has 108 valence electrons. The Morgan fingerprint density at radius 1 is 1.32 bits per heavy atom. The maximum absolute atomic E-state index is 6.03. The summed E-state index contributed by atoms with van der Waals surface area (Å²) >= 11 is 0. The molecule has 2 N–H and O–H groups in total. The molecule has 0 bridgehead atoms. The Morgan fingerprint density at radius 3 is 2.68 bits per heavy atom. The molecular formula is C14H25N3O2. The summed E-state index contributed by atoms with van der Waals surface area (Å²) in [6, 6.07) is -0.159. The van der Waals surface area contributed by atoms with Gasteiger partial charge in [-0.1, -0.05) is 37.8 Å². The molecule has 1 aromatic heterocycles. The highest BCUT2D eigenvalue weighted by Gasteiger charge is 2.39. The standard InChI is InChI=1S/C14H25N3O2/c1-3-8-11(15)12-16-13(17-19-12)14(18-4-2)9-6-5-7-10-14/h11H,3-10,15H2,1-2H3/t11-/m1/s1. The van der Waals surface area contributed by atoms with Crippen molar-refractivity contribution in [1.82, 2.24) is 10.1 Å². The molecule has 2 rings (SSSR count). The van der Waals surface area contributed by atoms with Crippen molar-refractivity contribution in [2.24, 2.45) is 5.73 Å². The second kappa shape index (κ2) is 6.48. The van der Waals surface area contributed by atoms with E-state index in [2.05, 4.69) is 17.1 Å². The molecule has 0 spiro atoms. The number of hydrogen-bond acceptors (Lipinski definition) is 5. The summed E-state index contributed by atoms with van der Waals surface area (Å²) in [7, 11) is 0. The topological polar surface area (TPSA) is 74.2 Å². The van der Waals surface area contributed by atoms with E-state index < -0.39 is 0 Å². The van der Waals surface area contributed by atoms with Gasteiger partial charge in [0.25, 0.3) is 0 Å². The predicted molar refractivity (Wildman–Crippen MR) is 72.5 cm³/mol. The van der Waals surface area contributed by atoms with Crippen LogP contribution in [0.2, 0.25) is 0 Å². The summed E-state index contributed by atoms with van der Waals surface area (Å²) in [4.78, 5) is 4.52. The van der Waals surface area contributed by atoms with Crippen LogP contribution in [0.1, 0.15) is 76.6 Å². The maximum atomic E-state index is 6.03. The molecule has 1 saturated carbocycles. The molecule has 1 aromatic rings. The lowest BCUT2D eigenvalue weighted by Gasteiger charge is -2.33. The van der Waals surface area contributed by atoms with Gasteiger partial charge >= 0.3 is 0 Å². The van der Waals surface area contributed by atoms with Gasteiger partial charge in [-0.3, -0.25) is 0 Å². The van der Waals surface area contributed by atoms with Crippen molar-refractivity contribution in [3.63, 3.8) is 0 Å². The van der Waals surface area contributed by atoms with Crippen LogP contribution >= 0.6 is 0 Å². The number of hydrogen-bond donors (Lipinski definition) is 1. The number of nitrogens with two attached hydrogens (primary N) is 1. The fourth-order valence-corrected chi connectivity index (χ4v) is 2.84. The maximum Gasteiger partial charge on any atom is 0.243 e. The number of aromatic nitrogens is 2. The van der Waals surface area contributed by atoms with Crippen molar-refractivity contribution < 1.29 is 9.26 Å². The first kappa shape index (κ1) is 14.5. The fraction of sp³-hybridized carbons (Fsp3) is 0.857. The summed E-state index contributed by atoms with van der Waals surface area (Å²) in [6.07, 6.45) is 7.40. The Morgan fingerprint density at radius 2 is 2.05 bits per heavy atom. The van der Waals surface area contributed by atoms with E-state index in [-0.39, 0.29) is 11.6 Å². The number of nitrogens with zero attached hydrogens (tertiary/aromatic N) is 2. The molecule has 0 unspecified atom stereocenters. The van der Waals surface area contributed by atoms with E-state index >= 15 is 0 Å². The van der Waals surface area contributed by atoms with Gasteiger partial charge in [-0.05, 0) is 26.2 Å². The molecule has 1 atom stereocenters. The van der Waals surface area contributed by atoms with E-state index in [1.807, 2.05) is 6.92 Å². The Bertz CT molecular complexity index is 380. The minimum atomic E-state index is -0.347. The van der Waals surface area contributed by atoms with Crippen LogP contribution in [0.5, 0.6) is 0 Å². The van der Waals surface area contributed by atoms with Crippen LogP contribution in [0.25, 0.3) is 0 Å². The van der Waals surface area contributed by atoms with Crippen molar-refractivity contribution >= 4 is 0 Å². The Balaban J connectivity index is 2.18. The monoisotopic (exact) mass is 267 g/mol. The highest BCUT2D eigenvalue weighted by Crippen LogP contribution is 2.39. The SMILES string of the molecule is CCC[C@@H](N)c1nc(C2(OCC)CCCCC2)no1. The zero-order valence-corrected chi connectivity index (χ0v) is 12.0. The third-order valence-corrected chi connectivity index (χ3v) is 3.85. The van der Waals surface area contributed by atoms with E-state index in [0.29, 0.717) is 18.3 Å². The molecule has 1 heterocycles. The van der Waals surface area contributed by atoms with Gasteiger partial charge in [-0.25, -0.2) is 0 Å². The molecular weight excluding hydrogens is 242 g/mol. The zero-order chi connectivity index (χ0) is 13.7. The van der Waals surface area contributed by atoms with Crippen molar-refractivity contribution in [1.29, 1.82) is 0 Å². The van der Waals surface area contributed by atoms with Gasteiger partial charge in [0.15, 0.2) is 0 Å². The van der Waals surface area contributed by atoms with Crippen LogP contribution < -0.4 is 5.73 Å². The average Bonchev–Trinajstić information content (AvgIpc) is 2.91. The highest BCUT2D eigenvalue weighted by atomic mass is 16.5. The molecule has 1 fully saturated rings. The van der Waals surface area contributed by atoms with Crippen LogP contribution in [0.15, 0.2) is 4.52 Å². The molecule has 19 heavy (non-hydrogen) atoms. The summed E-state index contributed by atoms with van der Waals surface area (Å²) in [5, 5.41) is 4.14. The Labute approximate surface area is 114 Å². The minimum absolute atomic E-state index is 0.159. The third-order valence-electron chi connectivity index (χ3n) is 3.85. The molecule has 0 saturated heterocycles. The second-order valence-electron chi connectivity index (χ2n) is 5.34. The van der Waals surface area contributed by atoms with E-state index in [9.17, 15) is 0 Å². The first-order valence-electron chi connectivity index (χ1n) is 7.45. The molecule has 0 amide bonds. The minimum Gasteiger partial charge on any atom is -0.367 e. The van der Waals surface area contributed by atoms with Crippen molar-refractivity contribution in [3.05, 3.63) is 11.7 Å². The van der Waals surface area contributed by atoms with Gasteiger partial charge in [0, 0.05) is 6.61 Å². The van der Waals surface area contributed by atoms with E-state index in [4.69, 9.17) is 15.0 Å². The third kappa shape index (κ3) is 3.15. The van der Waals surface area contributed by atoms with E-state index in [1.165, 1.54) is 6.42 Å². The smallest absolute Gasteiger partial charge is 0.243 e. The average molecular weight is 267 g/mol. The first-order valence-corrected chi connectivity index (χ1v) is 7.45. The molecule has 0 aromatic carbocycles. The van der Waals surface area contributed by atoms with E-state index in [1.54, 1.807) is 0 Å². The Kier molecular flexibility index (Phi) is 4.93. The quantitative estimate of drug-likeness (QED) is 0.857. The predicted octanol–water partition coefficient (Wildman–Crippen LogP) is 3.07. The lowest BCUT2D eigenvalue weighted by Crippen LogP contribution is -2.33. The highest BCUT2D eigenvalue weighted by molar-refractivity contribution is 5.04. The van der Waals surface area contributed by atoms with Gasteiger partial charge in [0.1, 0.15) is 5.60 Å². The van der Waals surface area contributed by atoms with Gasteiger partial charge in [-0.2, -0.15) is 4.98 Å². The summed E-state index contributed by atoms with van der Waals surface area (Å²) in [5.41, 5.74) is 5.68. The summed E-state index contributed by atoms with van der Waals surface area (Å²) < 4.78 is 11.3. The number of rotatable bonds is 6. The van der Waals surface area contributed by atoms with Crippen molar-refractivity contribution in [3.8, 4) is 0 Å². The van der Waals surface area contributed by atoms with Gasteiger partial charge in [0.2, 0.25) is 11.7 Å². The van der Waals surface area contributed by atoms with Gasteiger partial charge in [-0.15, -0.1) is 0 Å².